The Bertz CT molecular complexity index is 553. The summed E-state index contributed by atoms with van der Waals surface area (Å²) in [4.78, 5) is 0.124. The van der Waals surface area contributed by atoms with Crippen LogP contribution in [0.4, 0.5) is 5.69 Å². The molecule has 1 aromatic carbocycles. The van der Waals surface area contributed by atoms with Crippen LogP contribution in [0.2, 0.25) is 5.02 Å². The number of rotatable bonds is 1. The monoisotopic (exact) mass is 243 g/mol. The summed E-state index contributed by atoms with van der Waals surface area (Å²) in [5.41, 5.74) is 6.39. The van der Waals surface area contributed by atoms with Gasteiger partial charge in [-0.05, 0) is 19.1 Å². The van der Waals surface area contributed by atoms with Crippen LogP contribution in [0.25, 0.3) is 0 Å². The molecule has 0 amide bonds. The number of benzene rings is 1. The van der Waals surface area contributed by atoms with Crippen molar-refractivity contribution in [1.29, 1.82) is 0 Å². The second-order valence-corrected chi connectivity index (χ2v) is 5.44. The normalized spacial score (nSPS) is 10.6. The third-order valence-corrected chi connectivity index (χ3v) is 3.20. The van der Waals surface area contributed by atoms with Crippen LogP contribution >= 0.6 is 11.6 Å². The molecular formula is C10H10ClNO2S. The average molecular weight is 244 g/mol. The zero-order valence-electron chi connectivity index (χ0n) is 8.33. The highest BCUT2D eigenvalue weighted by molar-refractivity contribution is 7.90. The first-order valence-electron chi connectivity index (χ1n) is 4.08. The SMILES string of the molecule is CC#Cc1cc(S(C)(=O)=O)cc(Cl)c1N. The minimum absolute atomic E-state index is 0.124. The van der Waals surface area contributed by atoms with Crippen molar-refractivity contribution in [2.75, 3.05) is 12.0 Å². The average Bonchev–Trinajstić information content (AvgIpc) is 2.11. The largest absolute Gasteiger partial charge is 0.397 e. The van der Waals surface area contributed by atoms with Crippen LogP contribution in [-0.2, 0) is 9.84 Å². The Morgan fingerprint density at radius 3 is 2.47 bits per heavy atom. The lowest BCUT2D eigenvalue weighted by atomic mass is 10.2. The van der Waals surface area contributed by atoms with E-state index in [2.05, 4.69) is 11.8 Å². The smallest absolute Gasteiger partial charge is 0.175 e. The van der Waals surface area contributed by atoms with Gasteiger partial charge in [-0.3, -0.25) is 0 Å². The van der Waals surface area contributed by atoms with Crippen LogP contribution in [0.5, 0.6) is 0 Å². The molecule has 0 aliphatic rings. The Balaban J connectivity index is 3.54. The van der Waals surface area contributed by atoms with Gasteiger partial charge in [-0.1, -0.05) is 17.5 Å². The topological polar surface area (TPSA) is 60.2 Å². The van der Waals surface area contributed by atoms with Gasteiger partial charge in [-0.2, -0.15) is 0 Å². The highest BCUT2D eigenvalue weighted by Crippen LogP contribution is 2.26. The van der Waals surface area contributed by atoms with Crippen LogP contribution < -0.4 is 5.73 Å². The highest BCUT2D eigenvalue weighted by Gasteiger charge is 2.12. The predicted molar refractivity (Wildman–Crippen MR) is 61.5 cm³/mol. The van der Waals surface area contributed by atoms with E-state index < -0.39 is 9.84 Å². The first kappa shape index (κ1) is 11.9. The minimum atomic E-state index is -3.29. The van der Waals surface area contributed by atoms with Crippen molar-refractivity contribution in [2.24, 2.45) is 0 Å². The van der Waals surface area contributed by atoms with E-state index in [1.165, 1.54) is 12.1 Å². The summed E-state index contributed by atoms with van der Waals surface area (Å²) in [6.45, 7) is 1.64. The van der Waals surface area contributed by atoms with Crippen molar-refractivity contribution < 1.29 is 8.42 Å². The van der Waals surface area contributed by atoms with Gasteiger partial charge in [-0.25, -0.2) is 8.42 Å². The number of hydrogen-bond donors (Lipinski definition) is 1. The number of halogens is 1. The van der Waals surface area contributed by atoms with E-state index >= 15 is 0 Å². The Hall–Kier alpha value is -1.18. The summed E-state index contributed by atoms with van der Waals surface area (Å²) in [6, 6.07) is 2.75. The molecule has 1 aromatic rings. The maximum Gasteiger partial charge on any atom is 0.175 e. The van der Waals surface area contributed by atoms with Gasteiger partial charge >= 0.3 is 0 Å². The van der Waals surface area contributed by atoms with Crippen LogP contribution in [0, 0.1) is 11.8 Å². The number of hydrogen-bond acceptors (Lipinski definition) is 3. The molecule has 0 aliphatic heterocycles. The first-order chi connectivity index (χ1) is 6.86. The van der Waals surface area contributed by atoms with E-state index in [-0.39, 0.29) is 9.92 Å². The Kier molecular flexibility index (Phi) is 3.28. The Morgan fingerprint density at radius 1 is 1.40 bits per heavy atom. The second-order valence-electron chi connectivity index (χ2n) is 3.01. The van der Waals surface area contributed by atoms with Crippen molar-refractivity contribution in [3.05, 3.63) is 22.7 Å². The van der Waals surface area contributed by atoms with E-state index in [4.69, 9.17) is 17.3 Å². The van der Waals surface area contributed by atoms with Crippen LogP contribution in [0.3, 0.4) is 0 Å². The maximum absolute atomic E-state index is 11.3. The molecule has 3 nitrogen and oxygen atoms in total. The van der Waals surface area contributed by atoms with Gasteiger partial charge in [0.2, 0.25) is 0 Å². The van der Waals surface area contributed by atoms with Gasteiger partial charge in [0, 0.05) is 6.26 Å². The molecule has 15 heavy (non-hydrogen) atoms. The van der Waals surface area contributed by atoms with Gasteiger partial charge in [0.25, 0.3) is 0 Å². The maximum atomic E-state index is 11.3. The molecule has 0 spiro atoms. The van der Waals surface area contributed by atoms with Gasteiger partial charge < -0.3 is 5.73 Å². The van der Waals surface area contributed by atoms with Crippen LogP contribution in [0.15, 0.2) is 17.0 Å². The lowest BCUT2D eigenvalue weighted by Gasteiger charge is -2.05. The summed E-state index contributed by atoms with van der Waals surface area (Å²) in [6.07, 6.45) is 1.11. The zero-order valence-corrected chi connectivity index (χ0v) is 9.91. The molecule has 0 heterocycles. The minimum Gasteiger partial charge on any atom is -0.397 e. The molecule has 0 saturated carbocycles. The van der Waals surface area contributed by atoms with E-state index in [9.17, 15) is 8.42 Å². The van der Waals surface area contributed by atoms with Crippen LogP contribution in [0.1, 0.15) is 12.5 Å². The molecule has 0 saturated heterocycles. The quantitative estimate of drug-likeness (QED) is 0.603. The summed E-state index contributed by atoms with van der Waals surface area (Å²) in [5, 5.41) is 0.204. The van der Waals surface area contributed by atoms with Crippen molar-refractivity contribution in [3.63, 3.8) is 0 Å². The standard InChI is InChI=1S/C10H10ClNO2S/c1-3-4-7-5-8(15(2,13)14)6-9(11)10(7)12/h5-6H,12H2,1-2H3. The lowest BCUT2D eigenvalue weighted by Crippen LogP contribution is -2.00. The third kappa shape index (κ3) is 2.65. The Labute approximate surface area is 94.2 Å². The molecule has 0 aromatic heterocycles. The first-order valence-corrected chi connectivity index (χ1v) is 6.35. The molecule has 0 bridgehead atoms. The molecule has 1 rings (SSSR count). The fourth-order valence-electron chi connectivity index (χ4n) is 1.05. The molecule has 5 heteroatoms. The molecule has 0 aliphatic carbocycles. The summed E-state index contributed by atoms with van der Waals surface area (Å²) in [5.74, 6) is 5.35. The van der Waals surface area contributed by atoms with Crippen molar-refractivity contribution in [2.45, 2.75) is 11.8 Å². The van der Waals surface area contributed by atoms with Crippen molar-refractivity contribution >= 4 is 27.1 Å². The van der Waals surface area contributed by atoms with Crippen molar-refractivity contribution in [3.8, 4) is 11.8 Å². The van der Waals surface area contributed by atoms with Gasteiger partial charge in [0.05, 0.1) is 21.2 Å². The number of anilines is 1. The van der Waals surface area contributed by atoms with E-state index in [1.54, 1.807) is 6.92 Å². The molecule has 0 atom stereocenters. The van der Waals surface area contributed by atoms with E-state index in [0.29, 0.717) is 11.3 Å². The molecule has 80 valence electrons. The van der Waals surface area contributed by atoms with Crippen LogP contribution in [-0.4, -0.2) is 14.7 Å². The molecular weight excluding hydrogens is 234 g/mol. The molecule has 0 fully saturated rings. The number of sulfone groups is 1. The van der Waals surface area contributed by atoms with E-state index in [1.807, 2.05) is 0 Å². The predicted octanol–water partition coefficient (Wildman–Crippen LogP) is 1.70. The number of nitrogen functional groups attached to an aromatic ring is 1. The van der Waals surface area contributed by atoms with Gasteiger partial charge in [0.15, 0.2) is 9.84 Å². The highest BCUT2D eigenvalue weighted by atomic mass is 35.5. The fourth-order valence-corrected chi connectivity index (χ4v) is 1.99. The van der Waals surface area contributed by atoms with Gasteiger partial charge in [0.1, 0.15) is 0 Å². The molecule has 0 radical (unpaired) electrons. The molecule has 0 unspecified atom stereocenters. The fraction of sp³-hybridized carbons (Fsp3) is 0.200. The van der Waals surface area contributed by atoms with Gasteiger partial charge in [-0.15, -0.1) is 5.92 Å². The van der Waals surface area contributed by atoms with E-state index in [0.717, 1.165) is 6.26 Å². The molecule has 2 N–H and O–H groups in total. The zero-order chi connectivity index (χ0) is 11.6. The second kappa shape index (κ2) is 4.13. The Morgan fingerprint density at radius 2 is 2.00 bits per heavy atom. The number of nitrogens with two attached hydrogens (primary N) is 1. The summed E-state index contributed by atoms with van der Waals surface area (Å²) >= 11 is 5.80. The summed E-state index contributed by atoms with van der Waals surface area (Å²) in [7, 11) is -3.29. The van der Waals surface area contributed by atoms with Crippen molar-refractivity contribution in [1.82, 2.24) is 0 Å². The summed E-state index contributed by atoms with van der Waals surface area (Å²) < 4.78 is 22.6. The third-order valence-electron chi connectivity index (χ3n) is 1.79. The lowest BCUT2D eigenvalue weighted by molar-refractivity contribution is 0.602.